The Balaban J connectivity index is 1.90. The molecule has 0 aromatic heterocycles. The minimum absolute atomic E-state index is 0.121. The Kier molecular flexibility index (Phi) is 2.23. The van der Waals surface area contributed by atoms with Crippen molar-refractivity contribution in [3.8, 4) is 5.75 Å². The summed E-state index contributed by atoms with van der Waals surface area (Å²) in [5.74, 6) is 1.29. The maximum absolute atomic E-state index is 9.09. The minimum atomic E-state index is -0.121. The highest BCUT2D eigenvalue weighted by Gasteiger charge is 2.35. The summed E-state index contributed by atoms with van der Waals surface area (Å²) in [6.45, 7) is 2.67. The summed E-state index contributed by atoms with van der Waals surface area (Å²) < 4.78 is 5.57. The Morgan fingerprint density at radius 1 is 1.46 bits per heavy atom. The van der Waals surface area contributed by atoms with Crippen LogP contribution in [-0.4, -0.2) is 17.8 Å². The Labute approximate surface area is 78.2 Å². The second kappa shape index (κ2) is 3.38. The summed E-state index contributed by atoms with van der Waals surface area (Å²) >= 11 is 0. The first-order valence-electron chi connectivity index (χ1n) is 4.64. The Morgan fingerprint density at radius 3 is 2.77 bits per heavy atom. The number of aliphatic hydroxyl groups is 1. The van der Waals surface area contributed by atoms with Crippen molar-refractivity contribution in [1.82, 2.24) is 0 Å². The molecule has 0 saturated heterocycles. The molecule has 0 aliphatic heterocycles. The lowest BCUT2D eigenvalue weighted by Gasteiger charge is -2.07. The van der Waals surface area contributed by atoms with Crippen LogP contribution in [0.25, 0.3) is 0 Å². The largest absolute Gasteiger partial charge is 0.493 e. The van der Waals surface area contributed by atoms with Gasteiger partial charge in [-0.25, -0.2) is 0 Å². The average Bonchev–Trinajstić information content (AvgIpc) is 2.81. The molecule has 1 N–H and O–H groups in total. The smallest absolute Gasteiger partial charge is 0.122 e. The van der Waals surface area contributed by atoms with Crippen molar-refractivity contribution in [2.75, 3.05) is 6.61 Å². The molecule has 1 aliphatic rings. The SMILES string of the molecule is Cc1ccccc1OCC1CC1O. The lowest BCUT2D eigenvalue weighted by molar-refractivity contribution is 0.221. The van der Waals surface area contributed by atoms with E-state index in [0.29, 0.717) is 12.5 Å². The third-order valence-corrected chi connectivity index (χ3v) is 2.43. The molecule has 1 saturated carbocycles. The standard InChI is InChI=1S/C11H14O2/c1-8-4-2-3-5-11(8)13-7-9-6-10(9)12/h2-5,9-10,12H,6-7H2,1H3. The third-order valence-electron chi connectivity index (χ3n) is 2.43. The van der Waals surface area contributed by atoms with Crippen LogP contribution in [0.5, 0.6) is 5.75 Å². The fourth-order valence-corrected chi connectivity index (χ4v) is 1.33. The number of rotatable bonds is 3. The minimum Gasteiger partial charge on any atom is -0.493 e. The van der Waals surface area contributed by atoms with Gasteiger partial charge in [-0.3, -0.25) is 0 Å². The second-order valence-electron chi connectivity index (χ2n) is 3.64. The highest BCUT2D eigenvalue weighted by molar-refractivity contribution is 5.31. The molecule has 1 aliphatic carbocycles. The molecule has 1 aromatic rings. The van der Waals surface area contributed by atoms with Crippen LogP contribution >= 0.6 is 0 Å². The van der Waals surface area contributed by atoms with E-state index in [-0.39, 0.29) is 6.10 Å². The van der Waals surface area contributed by atoms with E-state index in [1.54, 1.807) is 0 Å². The van der Waals surface area contributed by atoms with Crippen molar-refractivity contribution in [1.29, 1.82) is 0 Å². The van der Waals surface area contributed by atoms with Gasteiger partial charge in [0.2, 0.25) is 0 Å². The van der Waals surface area contributed by atoms with Gasteiger partial charge < -0.3 is 9.84 Å². The van der Waals surface area contributed by atoms with Gasteiger partial charge in [-0.1, -0.05) is 18.2 Å². The highest BCUT2D eigenvalue weighted by atomic mass is 16.5. The fraction of sp³-hybridized carbons (Fsp3) is 0.455. The summed E-state index contributed by atoms with van der Waals surface area (Å²) in [7, 11) is 0. The van der Waals surface area contributed by atoms with E-state index in [1.165, 1.54) is 0 Å². The molecular formula is C11H14O2. The summed E-state index contributed by atoms with van der Waals surface area (Å²) in [5.41, 5.74) is 1.15. The van der Waals surface area contributed by atoms with Crippen molar-refractivity contribution >= 4 is 0 Å². The summed E-state index contributed by atoms with van der Waals surface area (Å²) in [6, 6.07) is 7.95. The Hall–Kier alpha value is -1.02. The predicted octanol–water partition coefficient (Wildman–Crippen LogP) is 1.75. The van der Waals surface area contributed by atoms with Crippen LogP contribution in [-0.2, 0) is 0 Å². The number of hydrogen-bond acceptors (Lipinski definition) is 2. The Bertz CT molecular complexity index is 296. The van der Waals surface area contributed by atoms with Crippen molar-refractivity contribution < 1.29 is 9.84 Å². The highest BCUT2D eigenvalue weighted by Crippen LogP contribution is 2.30. The zero-order valence-electron chi connectivity index (χ0n) is 7.73. The molecule has 70 valence electrons. The monoisotopic (exact) mass is 178 g/mol. The summed E-state index contributed by atoms with van der Waals surface area (Å²) in [4.78, 5) is 0. The molecule has 1 aromatic carbocycles. The quantitative estimate of drug-likeness (QED) is 0.764. The predicted molar refractivity (Wildman–Crippen MR) is 50.8 cm³/mol. The molecule has 0 heterocycles. The van der Waals surface area contributed by atoms with Crippen molar-refractivity contribution in [2.45, 2.75) is 19.4 Å². The van der Waals surface area contributed by atoms with Gasteiger partial charge in [-0.05, 0) is 25.0 Å². The van der Waals surface area contributed by atoms with E-state index >= 15 is 0 Å². The van der Waals surface area contributed by atoms with Crippen molar-refractivity contribution in [2.24, 2.45) is 5.92 Å². The molecule has 2 unspecified atom stereocenters. The fourth-order valence-electron chi connectivity index (χ4n) is 1.33. The molecule has 0 bridgehead atoms. The van der Waals surface area contributed by atoms with Gasteiger partial charge in [-0.2, -0.15) is 0 Å². The van der Waals surface area contributed by atoms with Gasteiger partial charge in [0, 0.05) is 5.92 Å². The van der Waals surface area contributed by atoms with Crippen LogP contribution in [0.2, 0.25) is 0 Å². The zero-order valence-corrected chi connectivity index (χ0v) is 7.73. The van der Waals surface area contributed by atoms with Crippen molar-refractivity contribution in [3.63, 3.8) is 0 Å². The lowest BCUT2D eigenvalue weighted by atomic mass is 10.2. The topological polar surface area (TPSA) is 29.5 Å². The second-order valence-corrected chi connectivity index (χ2v) is 3.64. The molecule has 13 heavy (non-hydrogen) atoms. The zero-order chi connectivity index (χ0) is 9.26. The molecule has 0 amide bonds. The Morgan fingerprint density at radius 2 is 2.15 bits per heavy atom. The molecule has 2 heteroatoms. The van der Waals surface area contributed by atoms with Gasteiger partial charge >= 0.3 is 0 Å². The van der Waals surface area contributed by atoms with E-state index in [2.05, 4.69) is 0 Å². The van der Waals surface area contributed by atoms with Crippen LogP contribution < -0.4 is 4.74 Å². The number of para-hydroxylation sites is 1. The van der Waals surface area contributed by atoms with E-state index in [4.69, 9.17) is 9.84 Å². The molecule has 0 radical (unpaired) electrons. The normalized spacial score (nSPS) is 25.7. The van der Waals surface area contributed by atoms with E-state index in [1.807, 2.05) is 31.2 Å². The maximum atomic E-state index is 9.09. The lowest BCUT2D eigenvalue weighted by Crippen LogP contribution is -2.03. The van der Waals surface area contributed by atoms with Crippen LogP contribution in [0.3, 0.4) is 0 Å². The van der Waals surface area contributed by atoms with E-state index in [0.717, 1.165) is 17.7 Å². The molecule has 1 fully saturated rings. The van der Waals surface area contributed by atoms with Crippen LogP contribution in [0.15, 0.2) is 24.3 Å². The van der Waals surface area contributed by atoms with Crippen LogP contribution in [0, 0.1) is 12.8 Å². The third kappa shape index (κ3) is 2.01. The number of aryl methyl sites for hydroxylation is 1. The summed E-state index contributed by atoms with van der Waals surface area (Å²) in [5, 5.41) is 9.09. The first-order chi connectivity index (χ1) is 6.27. The number of aliphatic hydroxyl groups excluding tert-OH is 1. The molecule has 2 nitrogen and oxygen atoms in total. The maximum Gasteiger partial charge on any atom is 0.122 e. The van der Waals surface area contributed by atoms with Gasteiger partial charge in [0.25, 0.3) is 0 Å². The average molecular weight is 178 g/mol. The first kappa shape index (κ1) is 8.57. The molecular weight excluding hydrogens is 164 g/mol. The van der Waals surface area contributed by atoms with Gasteiger partial charge in [-0.15, -0.1) is 0 Å². The van der Waals surface area contributed by atoms with Crippen LogP contribution in [0.1, 0.15) is 12.0 Å². The molecule has 0 spiro atoms. The molecule has 2 atom stereocenters. The number of hydrogen-bond donors (Lipinski definition) is 1. The van der Waals surface area contributed by atoms with Gasteiger partial charge in [0.15, 0.2) is 0 Å². The summed E-state index contributed by atoms with van der Waals surface area (Å²) in [6.07, 6.45) is 0.773. The van der Waals surface area contributed by atoms with Gasteiger partial charge in [0.05, 0.1) is 12.7 Å². The van der Waals surface area contributed by atoms with E-state index < -0.39 is 0 Å². The van der Waals surface area contributed by atoms with Crippen molar-refractivity contribution in [3.05, 3.63) is 29.8 Å². The van der Waals surface area contributed by atoms with Gasteiger partial charge in [0.1, 0.15) is 5.75 Å². The van der Waals surface area contributed by atoms with E-state index in [9.17, 15) is 0 Å². The molecule has 2 rings (SSSR count). The number of benzene rings is 1. The number of ether oxygens (including phenoxy) is 1. The van der Waals surface area contributed by atoms with Crippen LogP contribution in [0.4, 0.5) is 0 Å². The first-order valence-corrected chi connectivity index (χ1v) is 4.64.